The summed E-state index contributed by atoms with van der Waals surface area (Å²) in [6.07, 6.45) is 1.89. The molecule has 0 aliphatic rings. The monoisotopic (exact) mass is 217 g/mol. The van der Waals surface area contributed by atoms with E-state index in [0.717, 1.165) is 10.9 Å². The summed E-state index contributed by atoms with van der Waals surface area (Å²) in [4.78, 5) is 8.56. The largest absolute Gasteiger partial charge is 0.378 e. The van der Waals surface area contributed by atoms with Gasteiger partial charge >= 0.3 is 0 Å². The molecular weight excluding hydrogens is 206 g/mol. The molecule has 1 aromatic heterocycles. The highest BCUT2D eigenvalue weighted by atomic mass is 32.2. The van der Waals surface area contributed by atoms with Crippen LogP contribution in [-0.2, 0) is 0 Å². The number of benzene rings is 1. The van der Waals surface area contributed by atoms with Crippen LogP contribution in [0.5, 0.6) is 0 Å². The summed E-state index contributed by atoms with van der Waals surface area (Å²) in [6, 6.07) is 11.8. The quantitative estimate of drug-likeness (QED) is 0.590. The summed E-state index contributed by atoms with van der Waals surface area (Å²) >= 11 is 1.41. The third-order valence-corrected chi connectivity index (χ3v) is 2.53. The van der Waals surface area contributed by atoms with Gasteiger partial charge in [-0.15, -0.1) is 0 Å². The van der Waals surface area contributed by atoms with Crippen LogP contribution in [0.2, 0.25) is 0 Å². The van der Waals surface area contributed by atoms with Gasteiger partial charge in [-0.1, -0.05) is 30.0 Å². The fourth-order valence-corrected chi connectivity index (χ4v) is 1.46. The molecule has 76 valence electrons. The topological polar surface area (TPSA) is 51.3 Å². The van der Waals surface area contributed by atoms with E-state index in [1.54, 1.807) is 0 Å². The van der Waals surface area contributed by atoms with Crippen LogP contribution in [0.3, 0.4) is 0 Å². The minimum absolute atomic E-state index is 0.526. The molecule has 3 nitrogen and oxygen atoms in total. The molecule has 0 radical (unpaired) electrons. The summed E-state index contributed by atoms with van der Waals surface area (Å²) in [5, 5.41) is 1.64. The predicted molar refractivity (Wildman–Crippen MR) is 66.5 cm³/mol. The highest BCUT2D eigenvalue weighted by molar-refractivity contribution is 8.13. The van der Waals surface area contributed by atoms with Crippen molar-refractivity contribution in [1.29, 1.82) is 0 Å². The lowest BCUT2D eigenvalue weighted by Crippen LogP contribution is -2.04. The Morgan fingerprint density at radius 2 is 2.07 bits per heavy atom. The third-order valence-electron chi connectivity index (χ3n) is 2.02. The van der Waals surface area contributed by atoms with Crippen LogP contribution in [0.4, 0.5) is 5.82 Å². The van der Waals surface area contributed by atoms with Crippen LogP contribution < -0.4 is 5.73 Å². The summed E-state index contributed by atoms with van der Waals surface area (Å²) in [5.74, 6) is 0.653. The lowest BCUT2D eigenvalue weighted by molar-refractivity contribution is 1.33. The Hall–Kier alpha value is -1.55. The molecule has 0 saturated carbocycles. The minimum Gasteiger partial charge on any atom is -0.378 e. The number of hydrogen-bond acceptors (Lipinski definition) is 3. The molecule has 4 heteroatoms. The number of nitrogens with zero attached hydrogens (tertiary/aromatic N) is 2. The van der Waals surface area contributed by atoms with Crippen molar-refractivity contribution in [1.82, 2.24) is 4.98 Å². The van der Waals surface area contributed by atoms with Crippen LogP contribution >= 0.6 is 11.8 Å². The molecule has 0 spiro atoms. The first-order chi connectivity index (χ1) is 7.29. The van der Waals surface area contributed by atoms with E-state index < -0.39 is 0 Å². The molecule has 0 aliphatic heterocycles. The number of amidine groups is 1. The zero-order valence-corrected chi connectivity index (χ0v) is 9.16. The molecule has 2 aromatic rings. The Morgan fingerprint density at radius 3 is 2.87 bits per heavy atom. The number of hydrogen-bond donors (Lipinski definition) is 1. The number of thioether (sulfide) groups is 1. The van der Waals surface area contributed by atoms with Gasteiger partial charge in [-0.3, -0.25) is 0 Å². The van der Waals surface area contributed by atoms with Gasteiger partial charge in [0.15, 0.2) is 11.0 Å². The number of pyridine rings is 1. The van der Waals surface area contributed by atoms with Crippen LogP contribution in [0.15, 0.2) is 41.4 Å². The molecule has 1 heterocycles. The molecule has 0 fully saturated rings. The highest BCUT2D eigenvalue weighted by Gasteiger charge is 1.96. The van der Waals surface area contributed by atoms with Gasteiger partial charge in [0, 0.05) is 5.39 Å². The number of aromatic nitrogens is 1. The maximum Gasteiger partial charge on any atom is 0.160 e. The standard InChI is InChI=1S/C11H11N3S/c1-15-11(12)14-10-7-6-8-4-2-3-5-9(8)13-10/h2-7H,1H3,(H2,12,13,14). The highest BCUT2D eigenvalue weighted by Crippen LogP contribution is 2.17. The number of nitrogens with two attached hydrogens (primary N) is 1. The van der Waals surface area contributed by atoms with Crippen molar-refractivity contribution in [3.05, 3.63) is 36.4 Å². The van der Waals surface area contributed by atoms with E-state index >= 15 is 0 Å². The van der Waals surface area contributed by atoms with E-state index in [0.29, 0.717) is 11.0 Å². The second kappa shape index (κ2) is 4.31. The first-order valence-electron chi connectivity index (χ1n) is 4.53. The van der Waals surface area contributed by atoms with Gasteiger partial charge in [0.25, 0.3) is 0 Å². The third kappa shape index (κ3) is 2.27. The van der Waals surface area contributed by atoms with E-state index in [1.165, 1.54) is 11.8 Å². The SMILES string of the molecule is CSC(N)=Nc1ccc2ccccc2n1. The lowest BCUT2D eigenvalue weighted by atomic mass is 10.2. The van der Waals surface area contributed by atoms with E-state index in [9.17, 15) is 0 Å². The molecule has 0 aliphatic carbocycles. The van der Waals surface area contributed by atoms with Crippen molar-refractivity contribution in [3.8, 4) is 0 Å². The Kier molecular flexibility index (Phi) is 2.87. The van der Waals surface area contributed by atoms with Crippen molar-refractivity contribution in [2.45, 2.75) is 0 Å². The van der Waals surface area contributed by atoms with Crippen molar-refractivity contribution < 1.29 is 0 Å². The van der Waals surface area contributed by atoms with E-state index in [-0.39, 0.29) is 0 Å². The van der Waals surface area contributed by atoms with Gasteiger partial charge in [-0.05, 0) is 24.5 Å². The van der Waals surface area contributed by atoms with E-state index in [1.807, 2.05) is 42.7 Å². The maximum atomic E-state index is 5.62. The number of rotatable bonds is 1. The summed E-state index contributed by atoms with van der Waals surface area (Å²) < 4.78 is 0. The van der Waals surface area contributed by atoms with Crippen molar-refractivity contribution in [3.63, 3.8) is 0 Å². The zero-order chi connectivity index (χ0) is 10.7. The van der Waals surface area contributed by atoms with Crippen molar-refractivity contribution in [2.24, 2.45) is 10.7 Å². The minimum atomic E-state index is 0.526. The molecular formula is C11H11N3S. The predicted octanol–water partition coefficient (Wildman–Crippen LogP) is 2.54. The summed E-state index contributed by atoms with van der Waals surface area (Å²) in [6.45, 7) is 0. The second-order valence-electron chi connectivity index (χ2n) is 3.02. The van der Waals surface area contributed by atoms with Gasteiger partial charge in [-0.25, -0.2) is 9.98 Å². The average Bonchev–Trinajstić information content (AvgIpc) is 2.29. The molecule has 15 heavy (non-hydrogen) atoms. The molecule has 0 saturated heterocycles. The molecule has 0 unspecified atom stereocenters. The van der Waals surface area contributed by atoms with Gasteiger partial charge in [-0.2, -0.15) is 0 Å². The second-order valence-corrected chi connectivity index (χ2v) is 3.84. The van der Waals surface area contributed by atoms with Crippen LogP contribution in [-0.4, -0.2) is 16.4 Å². The van der Waals surface area contributed by atoms with E-state index in [4.69, 9.17) is 5.73 Å². The van der Waals surface area contributed by atoms with Crippen LogP contribution in [0, 0.1) is 0 Å². The fourth-order valence-electron chi connectivity index (χ4n) is 1.28. The van der Waals surface area contributed by atoms with Crippen molar-refractivity contribution >= 4 is 33.7 Å². The Balaban J connectivity index is 2.47. The number of para-hydroxylation sites is 1. The number of fused-ring (bicyclic) bond motifs is 1. The summed E-state index contributed by atoms with van der Waals surface area (Å²) in [7, 11) is 0. The summed E-state index contributed by atoms with van der Waals surface area (Å²) in [5.41, 5.74) is 6.56. The number of aliphatic imine (C=N–C) groups is 1. The Morgan fingerprint density at radius 1 is 1.27 bits per heavy atom. The van der Waals surface area contributed by atoms with Crippen LogP contribution in [0.1, 0.15) is 0 Å². The normalized spacial score (nSPS) is 11.9. The molecule has 2 rings (SSSR count). The Labute approximate surface area is 92.4 Å². The molecule has 2 N–H and O–H groups in total. The van der Waals surface area contributed by atoms with E-state index in [2.05, 4.69) is 9.98 Å². The fraction of sp³-hybridized carbons (Fsp3) is 0.0909. The van der Waals surface area contributed by atoms with Crippen molar-refractivity contribution in [2.75, 3.05) is 6.26 Å². The lowest BCUT2D eigenvalue weighted by Gasteiger charge is -1.99. The zero-order valence-electron chi connectivity index (χ0n) is 8.34. The van der Waals surface area contributed by atoms with Crippen LogP contribution in [0.25, 0.3) is 10.9 Å². The maximum absolute atomic E-state index is 5.62. The molecule has 0 atom stereocenters. The molecule has 0 bridgehead atoms. The smallest absolute Gasteiger partial charge is 0.160 e. The first-order valence-corrected chi connectivity index (χ1v) is 5.76. The Bertz CT molecular complexity index is 508. The van der Waals surface area contributed by atoms with Gasteiger partial charge < -0.3 is 5.73 Å². The first kappa shape index (κ1) is 9.98. The molecule has 0 amide bonds. The average molecular weight is 217 g/mol. The van der Waals surface area contributed by atoms with Gasteiger partial charge in [0.05, 0.1) is 5.52 Å². The van der Waals surface area contributed by atoms with Gasteiger partial charge in [0.2, 0.25) is 0 Å². The molecule has 1 aromatic carbocycles. The van der Waals surface area contributed by atoms with Gasteiger partial charge in [0.1, 0.15) is 0 Å².